The van der Waals surface area contributed by atoms with Crippen molar-refractivity contribution in [2.24, 2.45) is 5.92 Å². The van der Waals surface area contributed by atoms with Crippen molar-refractivity contribution in [3.63, 3.8) is 0 Å². The second-order valence-electron chi connectivity index (χ2n) is 8.08. The van der Waals surface area contributed by atoms with Crippen molar-refractivity contribution in [2.75, 3.05) is 18.4 Å². The maximum atomic E-state index is 12.7. The minimum absolute atomic E-state index is 0.0261. The number of benzene rings is 2. The van der Waals surface area contributed by atoms with Crippen LogP contribution in [-0.2, 0) is 11.2 Å². The molecule has 1 saturated heterocycles. The smallest absolute Gasteiger partial charge is 0.253 e. The topological polar surface area (TPSA) is 75.2 Å². The highest BCUT2D eigenvalue weighted by molar-refractivity contribution is 7.15. The van der Waals surface area contributed by atoms with Gasteiger partial charge in [0.05, 0.1) is 0 Å². The van der Waals surface area contributed by atoms with Crippen LogP contribution in [0.25, 0.3) is 0 Å². The highest BCUT2D eigenvalue weighted by atomic mass is 35.5. The molecule has 0 radical (unpaired) electrons. The van der Waals surface area contributed by atoms with Gasteiger partial charge in [-0.3, -0.25) is 9.59 Å². The number of carbonyl (C=O) groups is 2. The first kappa shape index (κ1) is 22.4. The normalized spacial score (nSPS) is 15.4. The van der Waals surface area contributed by atoms with Crippen LogP contribution in [-0.4, -0.2) is 40.0 Å². The number of carbonyl (C=O) groups excluding carboxylic acids is 2. The van der Waals surface area contributed by atoms with Crippen molar-refractivity contribution >= 4 is 39.9 Å². The summed E-state index contributed by atoms with van der Waals surface area (Å²) in [7, 11) is 0. The van der Waals surface area contributed by atoms with Gasteiger partial charge in [0.15, 0.2) is 0 Å². The number of nitrogens with one attached hydrogen (secondary N) is 1. The Labute approximate surface area is 196 Å². The first-order chi connectivity index (χ1) is 15.5. The van der Waals surface area contributed by atoms with Gasteiger partial charge in [0, 0.05) is 36.0 Å². The second-order valence-corrected chi connectivity index (χ2v) is 9.58. The van der Waals surface area contributed by atoms with E-state index >= 15 is 0 Å². The number of likely N-dealkylation sites (tertiary alicyclic amines) is 1. The molecule has 6 nitrogen and oxygen atoms in total. The van der Waals surface area contributed by atoms with Gasteiger partial charge in [-0.05, 0) is 48.6 Å². The van der Waals surface area contributed by atoms with Crippen LogP contribution >= 0.6 is 22.9 Å². The summed E-state index contributed by atoms with van der Waals surface area (Å²) < 4.78 is 0. The van der Waals surface area contributed by atoms with Gasteiger partial charge >= 0.3 is 0 Å². The fraction of sp³-hybridized carbons (Fsp3) is 0.333. The average molecular weight is 469 g/mol. The van der Waals surface area contributed by atoms with Gasteiger partial charge in [0.1, 0.15) is 5.01 Å². The summed E-state index contributed by atoms with van der Waals surface area (Å²) in [5.41, 5.74) is 1.87. The van der Waals surface area contributed by atoms with Crippen molar-refractivity contribution in [1.29, 1.82) is 0 Å². The van der Waals surface area contributed by atoms with Gasteiger partial charge < -0.3 is 10.2 Å². The molecule has 0 spiro atoms. The van der Waals surface area contributed by atoms with E-state index in [0.29, 0.717) is 47.6 Å². The Hall–Kier alpha value is -2.77. The van der Waals surface area contributed by atoms with Crippen molar-refractivity contribution in [3.05, 3.63) is 75.8 Å². The number of nitrogens with zero attached hydrogens (tertiary/aromatic N) is 3. The standard InChI is InChI=1S/C24H25ClN4O2S/c1-16(17-5-3-2-4-6-17)15-21-27-28-24(32-21)26-22(30)18-11-13-29(14-12-18)23(31)19-7-9-20(25)10-8-19/h2-10,16,18H,11-15H2,1H3,(H,26,28,30). The average Bonchev–Trinajstić information content (AvgIpc) is 3.26. The zero-order valence-electron chi connectivity index (χ0n) is 17.8. The number of halogens is 1. The van der Waals surface area contributed by atoms with Gasteiger partial charge in [0.25, 0.3) is 5.91 Å². The number of hydrogen-bond acceptors (Lipinski definition) is 5. The fourth-order valence-corrected chi connectivity index (χ4v) is 4.87. The summed E-state index contributed by atoms with van der Waals surface area (Å²) in [5, 5.41) is 13.3. The number of rotatable bonds is 6. The molecule has 0 bridgehead atoms. The SMILES string of the molecule is CC(Cc1nnc(NC(=O)C2CCN(C(=O)c3ccc(Cl)cc3)CC2)s1)c1ccccc1. The van der Waals surface area contributed by atoms with Crippen molar-refractivity contribution < 1.29 is 9.59 Å². The highest BCUT2D eigenvalue weighted by Crippen LogP contribution is 2.26. The Kier molecular flexibility index (Phi) is 7.17. The molecule has 0 saturated carbocycles. The molecular weight excluding hydrogens is 444 g/mol. The third kappa shape index (κ3) is 5.53. The van der Waals surface area contributed by atoms with Crippen LogP contribution in [0.1, 0.15) is 46.6 Å². The molecule has 2 aromatic carbocycles. The number of anilines is 1. The molecule has 1 aliphatic heterocycles. The first-order valence-corrected chi connectivity index (χ1v) is 11.9. The van der Waals surface area contributed by atoms with E-state index in [4.69, 9.17) is 11.6 Å². The van der Waals surface area contributed by atoms with E-state index in [9.17, 15) is 9.59 Å². The van der Waals surface area contributed by atoms with Crippen LogP contribution in [0.15, 0.2) is 54.6 Å². The second kappa shape index (κ2) is 10.2. The van der Waals surface area contributed by atoms with Gasteiger partial charge in [0.2, 0.25) is 11.0 Å². The molecule has 0 aliphatic carbocycles. The van der Waals surface area contributed by atoms with Crippen molar-refractivity contribution in [2.45, 2.75) is 32.1 Å². The summed E-state index contributed by atoms with van der Waals surface area (Å²) >= 11 is 7.32. The lowest BCUT2D eigenvalue weighted by Gasteiger charge is -2.31. The summed E-state index contributed by atoms with van der Waals surface area (Å²) in [6, 6.07) is 17.2. The monoisotopic (exact) mass is 468 g/mol. The largest absolute Gasteiger partial charge is 0.339 e. The molecule has 1 atom stereocenters. The van der Waals surface area contributed by atoms with Crippen LogP contribution in [0, 0.1) is 5.92 Å². The molecule has 4 rings (SSSR count). The number of hydrogen-bond donors (Lipinski definition) is 1. The third-order valence-electron chi connectivity index (χ3n) is 5.79. The molecule has 3 aromatic rings. The number of amides is 2. The van der Waals surface area contributed by atoms with E-state index in [1.54, 1.807) is 29.2 Å². The molecule has 8 heteroatoms. The summed E-state index contributed by atoms with van der Waals surface area (Å²) in [5.74, 6) is 0.110. The molecular formula is C24H25ClN4O2S. The minimum atomic E-state index is -0.139. The lowest BCUT2D eigenvalue weighted by Crippen LogP contribution is -2.41. The Morgan fingerprint density at radius 3 is 2.47 bits per heavy atom. The molecule has 2 amide bonds. The van der Waals surface area contributed by atoms with Gasteiger partial charge in [-0.25, -0.2) is 0 Å². The Morgan fingerprint density at radius 1 is 1.09 bits per heavy atom. The van der Waals surface area contributed by atoms with E-state index in [1.807, 2.05) is 18.2 Å². The summed E-state index contributed by atoms with van der Waals surface area (Å²) in [6.07, 6.45) is 2.03. The van der Waals surface area contributed by atoms with Gasteiger partial charge in [-0.1, -0.05) is 60.2 Å². The van der Waals surface area contributed by atoms with Crippen LogP contribution in [0.2, 0.25) is 5.02 Å². The molecule has 1 fully saturated rings. The molecule has 166 valence electrons. The van der Waals surface area contributed by atoms with Gasteiger partial charge in [-0.15, -0.1) is 10.2 Å². The fourth-order valence-electron chi connectivity index (χ4n) is 3.88. The molecule has 1 N–H and O–H groups in total. The van der Waals surface area contributed by atoms with E-state index in [1.165, 1.54) is 16.9 Å². The maximum absolute atomic E-state index is 12.7. The van der Waals surface area contributed by atoms with Crippen LogP contribution in [0.5, 0.6) is 0 Å². The first-order valence-electron chi connectivity index (χ1n) is 10.7. The van der Waals surface area contributed by atoms with Crippen molar-refractivity contribution in [3.8, 4) is 0 Å². The van der Waals surface area contributed by atoms with E-state index in [2.05, 4.69) is 34.6 Å². The lowest BCUT2D eigenvalue weighted by molar-refractivity contribution is -0.121. The van der Waals surface area contributed by atoms with Crippen LogP contribution in [0.3, 0.4) is 0 Å². The number of piperidine rings is 1. The molecule has 1 unspecified atom stereocenters. The van der Waals surface area contributed by atoms with E-state index in [-0.39, 0.29) is 17.7 Å². The Balaban J connectivity index is 1.27. The lowest BCUT2D eigenvalue weighted by atomic mass is 9.95. The molecule has 1 aliphatic rings. The Bertz CT molecular complexity index is 1060. The number of aromatic nitrogens is 2. The predicted octanol–water partition coefficient (Wildman–Crippen LogP) is 5.03. The van der Waals surface area contributed by atoms with Gasteiger partial charge in [-0.2, -0.15) is 0 Å². The maximum Gasteiger partial charge on any atom is 0.253 e. The van der Waals surface area contributed by atoms with E-state index < -0.39 is 0 Å². The Morgan fingerprint density at radius 2 is 1.78 bits per heavy atom. The van der Waals surface area contributed by atoms with E-state index in [0.717, 1.165) is 11.4 Å². The third-order valence-corrected chi connectivity index (χ3v) is 6.90. The predicted molar refractivity (Wildman–Crippen MR) is 127 cm³/mol. The van der Waals surface area contributed by atoms with Crippen LogP contribution in [0.4, 0.5) is 5.13 Å². The molecule has 1 aromatic heterocycles. The summed E-state index contributed by atoms with van der Waals surface area (Å²) in [4.78, 5) is 27.1. The zero-order chi connectivity index (χ0) is 22.5. The quantitative estimate of drug-likeness (QED) is 0.550. The highest BCUT2D eigenvalue weighted by Gasteiger charge is 2.28. The minimum Gasteiger partial charge on any atom is -0.339 e. The zero-order valence-corrected chi connectivity index (χ0v) is 19.4. The van der Waals surface area contributed by atoms with Crippen LogP contribution < -0.4 is 5.32 Å². The summed E-state index contributed by atoms with van der Waals surface area (Å²) in [6.45, 7) is 3.26. The van der Waals surface area contributed by atoms with Crippen molar-refractivity contribution in [1.82, 2.24) is 15.1 Å². The molecule has 32 heavy (non-hydrogen) atoms. The molecule has 2 heterocycles.